The molecule has 0 radical (unpaired) electrons. The van der Waals surface area contributed by atoms with Gasteiger partial charge in [0.15, 0.2) is 0 Å². The van der Waals surface area contributed by atoms with E-state index in [1.54, 1.807) is 32.3 Å². The molecule has 0 fully saturated rings. The summed E-state index contributed by atoms with van der Waals surface area (Å²) in [5.74, 6) is 0.948. The number of nitrogens with zero attached hydrogens (tertiary/aromatic N) is 4. The van der Waals surface area contributed by atoms with Gasteiger partial charge in [0.05, 0.1) is 26.0 Å². The first-order valence-corrected chi connectivity index (χ1v) is 8.31. The SMILES string of the molecule is COc1ccc(OC)c([C@@H]2CC(c3c(O)n(C)c(=O)n(C)c3=O)=NN2C)c1. The van der Waals surface area contributed by atoms with Gasteiger partial charge in [-0.3, -0.25) is 18.9 Å². The summed E-state index contributed by atoms with van der Waals surface area (Å²) in [6.45, 7) is 0. The summed E-state index contributed by atoms with van der Waals surface area (Å²) in [6, 6.07) is 5.25. The van der Waals surface area contributed by atoms with Crippen molar-refractivity contribution in [2.24, 2.45) is 19.2 Å². The molecular weight excluding hydrogens is 352 g/mol. The molecule has 1 aromatic carbocycles. The van der Waals surface area contributed by atoms with Gasteiger partial charge in [-0.25, -0.2) is 4.79 Å². The number of aromatic nitrogens is 2. The third-order valence-corrected chi connectivity index (χ3v) is 4.83. The van der Waals surface area contributed by atoms with Crippen LogP contribution in [0.2, 0.25) is 0 Å². The van der Waals surface area contributed by atoms with Crippen LogP contribution in [0.4, 0.5) is 0 Å². The average molecular weight is 374 g/mol. The van der Waals surface area contributed by atoms with Gasteiger partial charge < -0.3 is 14.6 Å². The van der Waals surface area contributed by atoms with Crippen LogP contribution in [0.1, 0.15) is 23.6 Å². The van der Waals surface area contributed by atoms with Crippen LogP contribution in [0.15, 0.2) is 32.9 Å². The summed E-state index contributed by atoms with van der Waals surface area (Å²) in [4.78, 5) is 24.5. The van der Waals surface area contributed by atoms with Gasteiger partial charge in [0, 0.05) is 33.1 Å². The second kappa shape index (κ2) is 6.82. The van der Waals surface area contributed by atoms with Crippen LogP contribution in [-0.2, 0) is 14.1 Å². The molecule has 0 bridgehead atoms. The maximum atomic E-state index is 12.6. The highest BCUT2D eigenvalue weighted by atomic mass is 16.5. The summed E-state index contributed by atoms with van der Waals surface area (Å²) >= 11 is 0. The van der Waals surface area contributed by atoms with E-state index in [4.69, 9.17) is 9.47 Å². The number of methoxy groups -OCH3 is 2. The van der Waals surface area contributed by atoms with E-state index in [0.717, 1.165) is 14.7 Å². The largest absolute Gasteiger partial charge is 0.497 e. The second-order valence-corrected chi connectivity index (χ2v) is 6.35. The molecule has 9 heteroatoms. The highest BCUT2D eigenvalue weighted by molar-refractivity contribution is 6.03. The van der Waals surface area contributed by atoms with E-state index in [1.165, 1.54) is 14.1 Å². The van der Waals surface area contributed by atoms with E-state index < -0.39 is 17.1 Å². The topological polar surface area (TPSA) is 98.3 Å². The molecule has 2 aromatic rings. The van der Waals surface area contributed by atoms with Gasteiger partial charge in [0.1, 0.15) is 17.1 Å². The fourth-order valence-corrected chi connectivity index (χ4v) is 3.27. The van der Waals surface area contributed by atoms with Gasteiger partial charge in [0.25, 0.3) is 5.56 Å². The predicted octanol–water partition coefficient (Wildman–Crippen LogP) is 0.588. The van der Waals surface area contributed by atoms with Crippen LogP contribution in [0.25, 0.3) is 0 Å². The third kappa shape index (κ3) is 2.94. The van der Waals surface area contributed by atoms with Crippen LogP contribution in [0, 0.1) is 0 Å². The Kier molecular flexibility index (Phi) is 4.69. The maximum Gasteiger partial charge on any atom is 0.333 e. The summed E-state index contributed by atoms with van der Waals surface area (Å²) in [6.07, 6.45) is 0.362. The van der Waals surface area contributed by atoms with E-state index in [9.17, 15) is 14.7 Å². The normalized spacial score (nSPS) is 16.4. The molecule has 9 nitrogen and oxygen atoms in total. The lowest BCUT2D eigenvalue weighted by Crippen LogP contribution is -2.39. The van der Waals surface area contributed by atoms with Gasteiger partial charge in [-0.15, -0.1) is 0 Å². The van der Waals surface area contributed by atoms with E-state index in [2.05, 4.69) is 5.10 Å². The molecule has 1 N–H and O–H groups in total. The molecule has 3 rings (SSSR count). The van der Waals surface area contributed by atoms with Crippen molar-refractivity contribution in [2.45, 2.75) is 12.5 Å². The summed E-state index contributed by atoms with van der Waals surface area (Å²) in [7, 11) is 7.71. The molecule has 144 valence electrons. The lowest BCUT2D eigenvalue weighted by Gasteiger charge is -2.21. The molecular formula is C18H22N4O5. The molecule has 0 aliphatic carbocycles. The van der Waals surface area contributed by atoms with Crippen LogP contribution in [0.5, 0.6) is 17.4 Å². The van der Waals surface area contributed by atoms with E-state index >= 15 is 0 Å². The lowest BCUT2D eigenvalue weighted by atomic mass is 9.98. The van der Waals surface area contributed by atoms with Gasteiger partial charge in [-0.2, -0.15) is 5.10 Å². The second-order valence-electron chi connectivity index (χ2n) is 6.35. The minimum Gasteiger partial charge on any atom is -0.497 e. The molecule has 0 amide bonds. The zero-order valence-corrected chi connectivity index (χ0v) is 15.9. The monoisotopic (exact) mass is 374 g/mol. The highest BCUT2D eigenvalue weighted by Crippen LogP contribution is 2.38. The standard InChI is InChI=1S/C18H22N4O5/c1-20-16(23)15(17(24)21(2)18(20)25)12-9-13(22(3)19-12)11-8-10(26-4)6-7-14(11)27-5/h6-8,13,23H,9H2,1-5H3/t13-/m0/s1. The summed E-state index contributed by atoms with van der Waals surface area (Å²) in [5.41, 5.74) is 0.0938. The van der Waals surface area contributed by atoms with Crippen LogP contribution in [-0.4, -0.2) is 46.2 Å². The van der Waals surface area contributed by atoms with Crippen molar-refractivity contribution < 1.29 is 14.6 Å². The van der Waals surface area contributed by atoms with Crippen molar-refractivity contribution in [1.29, 1.82) is 0 Å². The van der Waals surface area contributed by atoms with Gasteiger partial charge >= 0.3 is 5.69 Å². The molecule has 1 aromatic heterocycles. The van der Waals surface area contributed by atoms with E-state index in [-0.39, 0.29) is 11.6 Å². The van der Waals surface area contributed by atoms with E-state index in [0.29, 0.717) is 23.6 Å². The Morgan fingerprint density at radius 1 is 1.11 bits per heavy atom. The number of benzene rings is 1. The first-order valence-electron chi connectivity index (χ1n) is 8.31. The Labute approximate surface area is 155 Å². The van der Waals surface area contributed by atoms with Crippen molar-refractivity contribution >= 4 is 5.71 Å². The minimum atomic E-state index is -0.598. The zero-order chi connectivity index (χ0) is 19.9. The van der Waals surface area contributed by atoms with Crippen LogP contribution >= 0.6 is 0 Å². The quantitative estimate of drug-likeness (QED) is 0.841. The predicted molar refractivity (Wildman–Crippen MR) is 99.8 cm³/mol. The zero-order valence-electron chi connectivity index (χ0n) is 15.9. The van der Waals surface area contributed by atoms with Crippen LogP contribution < -0.4 is 20.7 Å². The van der Waals surface area contributed by atoms with Crippen molar-refractivity contribution in [3.05, 3.63) is 50.2 Å². The molecule has 1 aliphatic heterocycles. The molecule has 0 unspecified atom stereocenters. The smallest absolute Gasteiger partial charge is 0.333 e. The van der Waals surface area contributed by atoms with Gasteiger partial charge in [-0.1, -0.05) is 0 Å². The van der Waals surface area contributed by atoms with E-state index in [1.807, 2.05) is 12.1 Å². The maximum absolute atomic E-state index is 12.6. The highest BCUT2D eigenvalue weighted by Gasteiger charge is 2.32. The summed E-state index contributed by atoms with van der Waals surface area (Å²) < 4.78 is 12.7. The molecule has 0 spiro atoms. The average Bonchev–Trinajstić information content (AvgIpc) is 3.05. The van der Waals surface area contributed by atoms with Crippen LogP contribution in [0.3, 0.4) is 0 Å². The first kappa shape index (κ1) is 18.6. The number of hydrogen-bond donors (Lipinski definition) is 1. The third-order valence-electron chi connectivity index (χ3n) is 4.83. The molecule has 2 heterocycles. The number of hydrogen-bond acceptors (Lipinski definition) is 7. The number of aromatic hydroxyl groups is 1. The molecule has 1 atom stereocenters. The number of hydrazone groups is 1. The van der Waals surface area contributed by atoms with Crippen molar-refractivity contribution in [3.63, 3.8) is 0 Å². The Morgan fingerprint density at radius 2 is 1.81 bits per heavy atom. The number of rotatable bonds is 4. The molecule has 0 saturated carbocycles. The molecule has 27 heavy (non-hydrogen) atoms. The fourth-order valence-electron chi connectivity index (χ4n) is 3.27. The summed E-state index contributed by atoms with van der Waals surface area (Å²) in [5, 5.41) is 16.5. The minimum absolute atomic E-state index is 0.0239. The Hall–Kier alpha value is -3.23. The first-order chi connectivity index (χ1) is 12.8. The van der Waals surface area contributed by atoms with Crippen molar-refractivity contribution in [2.75, 3.05) is 21.3 Å². The van der Waals surface area contributed by atoms with Crippen molar-refractivity contribution in [3.8, 4) is 17.4 Å². The lowest BCUT2D eigenvalue weighted by molar-refractivity contribution is 0.279. The Bertz CT molecular complexity index is 1040. The Balaban J connectivity index is 2.07. The molecule has 0 saturated heterocycles. The Morgan fingerprint density at radius 3 is 2.44 bits per heavy atom. The van der Waals surface area contributed by atoms with Gasteiger partial charge in [-0.05, 0) is 18.2 Å². The number of ether oxygens (including phenoxy) is 2. The molecule has 1 aliphatic rings. The van der Waals surface area contributed by atoms with Gasteiger partial charge in [0.2, 0.25) is 5.88 Å². The van der Waals surface area contributed by atoms with Crippen molar-refractivity contribution in [1.82, 2.24) is 14.1 Å². The fraction of sp³-hybridized carbons (Fsp3) is 0.389.